The number of anilines is 2. The molecule has 2 N–H and O–H groups in total. The zero-order chi connectivity index (χ0) is 25.3. The molecule has 36 heavy (non-hydrogen) atoms. The molecular formula is C27H28N4O4S. The number of fused-ring (bicyclic) bond motifs is 1. The minimum absolute atomic E-state index is 0.0488. The molecule has 2 heterocycles. The van der Waals surface area contributed by atoms with Crippen LogP contribution in [-0.4, -0.2) is 57.5 Å². The van der Waals surface area contributed by atoms with Crippen LogP contribution in [0.3, 0.4) is 0 Å². The van der Waals surface area contributed by atoms with Gasteiger partial charge in [-0.25, -0.2) is 8.42 Å². The predicted molar refractivity (Wildman–Crippen MR) is 141 cm³/mol. The van der Waals surface area contributed by atoms with Crippen molar-refractivity contribution < 1.29 is 17.9 Å². The Labute approximate surface area is 210 Å². The Morgan fingerprint density at radius 1 is 0.972 bits per heavy atom. The largest absolute Gasteiger partial charge is 0.495 e. The quantitative estimate of drug-likeness (QED) is 0.409. The molecule has 9 heteroatoms. The number of sulfonamides is 1. The van der Waals surface area contributed by atoms with Crippen molar-refractivity contribution in [2.24, 2.45) is 0 Å². The summed E-state index contributed by atoms with van der Waals surface area (Å²) in [5.74, 6) is 0.629. The van der Waals surface area contributed by atoms with Crippen LogP contribution in [0.4, 0.5) is 11.4 Å². The summed E-state index contributed by atoms with van der Waals surface area (Å²) in [4.78, 5) is 20.5. The second kappa shape index (κ2) is 9.58. The van der Waals surface area contributed by atoms with Crippen LogP contribution in [0.1, 0.15) is 15.9 Å². The molecule has 8 nitrogen and oxygen atoms in total. The Morgan fingerprint density at radius 3 is 2.53 bits per heavy atom. The van der Waals surface area contributed by atoms with Crippen molar-refractivity contribution >= 4 is 38.2 Å². The maximum absolute atomic E-state index is 13.4. The standard InChI is InChI=1S/C27H28N4O4S/c1-19-10-11-21(36(33,34)29-23-7-5-6-20-12-13-28-26(20)23)18-22(19)27(32)31-16-14-30(15-17-31)24-8-3-4-9-25(24)35-2/h3-13,18,28-29H,14-17H2,1-2H3. The van der Waals surface area contributed by atoms with Crippen LogP contribution in [0, 0.1) is 6.92 Å². The number of methoxy groups -OCH3 is 1. The summed E-state index contributed by atoms with van der Waals surface area (Å²) in [6.07, 6.45) is 1.76. The average Bonchev–Trinajstić information content (AvgIpc) is 3.38. The molecule has 1 aliphatic heterocycles. The van der Waals surface area contributed by atoms with E-state index in [9.17, 15) is 13.2 Å². The number of carbonyl (C=O) groups is 1. The summed E-state index contributed by atoms with van der Waals surface area (Å²) in [7, 11) is -2.25. The van der Waals surface area contributed by atoms with E-state index >= 15 is 0 Å². The zero-order valence-corrected chi connectivity index (χ0v) is 21.0. The number of hydrogen-bond donors (Lipinski definition) is 2. The van der Waals surface area contributed by atoms with E-state index in [0.29, 0.717) is 42.9 Å². The Balaban J connectivity index is 1.34. The minimum atomic E-state index is -3.90. The molecule has 1 amide bonds. The second-order valence-corrected chi connectivity index (χ2v) is 10.5. The fraction of sp³-hybridized carbons (Fsp3) is 0.222. The number of aromatic amines is 1. The SMILES string of the molecule is COc1ccccc1N1CCN(C(=O)c2cc(S(=O)(=O)Nc3cccc4cc[nH]c34)ccc2C)CC1. The van der Waals surface area contributed by atoms with E-state index in [2.05, 4.69) is 14.6 Å². The van der Waals surface area contributed by atoms with Gasteiger partial charge < -0.3 is 19.5 Å². The van der Waals surface area contributed by atoms with E-state index in [4.69, 9.17) is 4.74 Å². The van der Waals surface area contributed by atoms with Crippen LogP contribution in [-0.2, 0) is 10.0 Å². The summed E-state index contributed by atoms with van der Waals surface area (Å²) >= 11 is 0. The van der Waals surface area contributed by atoms with Gasteiger partial charge in [0.05, 0.1) is 28.9 Å². The van der Waals surface area contributed by atoms with Crippen LogP contribution in [0.15, 0.2) is 77.8 Å². The van der Waals surface area contributed by atoms with Crippen molar-refractivity contribution in [2.75, 3.05) is 42.9 Å². The number of H-pyrrole nitrogens is 1. The van der Waals surface area contributed by atoms with Gasteiger partial charge in [-0.1, -0.05) is 30.3 Å². The first-order valence-corrected chi connectivity index (χ1v) is 13.2. The number of amides is 1. The van der Waals surface area contributed by atoms with Crippen molar-refractivity contribution in [3.8, 4) is 5.75 Å². The zero-order valence-electron chi connectivity index (χ0n) is 20.2. The number of benzene rings is 3. The van der Waals surface area contributed by atoms with E-state index in [1.807, 2.05) is 43.3 Å². The van der Waals surface area contributed by atoms with Crippen LogP contribution >= 0.6 is 0 Å². The number of aryl methyl sites for hydroxylation is 1. The molecular weight excluding hydrogens is 476 g/mol. The van der Waals surface area contributed by atoms with Gasteiger partial charge in [0.15, 0.2) is 0 Å². The first kappa shape index (κ1) is 23.7. The summed E-state index contributed by atoms with van der Waals surface area (Å²) < 4.78 is 34.6. The lowest BCUT2D eigenvalue weighted by molar-refractivity contribution is 0.0745. The lowest BCUT2D eigenvalue weighted by Crippen LogP contribution is -2.49. The van der Waals surface area contributed by atoms with Crippen molar-refractivity contribution in [1.82, 2.24) is 9.88 Å². The topological polar surface area (TPSA) is 94.7 Å². The van der Waals surface area contributed by atoms with Crippen LogP contribution in [0.5, 0.6) is 5.75 Å². The number of nitrogens with zero attached hydrogens (tertiary/aromatic N) is 2. The molecule has 1 aromatic heterocycles. The number of nitrogens with one attached hydrogen (secondary N) is 2. The van der Waals surface area contributed by atoms with Crippen LogP contribution in [0.25, 0.3) is 10.9 Å². The molecule has 0 saturated carbocycles. The number of ether oxygens (including phenoxy) is 1. The van der Waals surface area contributed by atoms with Gasteiger partial charge in [0.2, 0.25) is 0 Å². The van der Waals surface area contributed by atoms with Gasteiger partial charge in [-0.15, -0.1) is 0 Å². The molecule has 3 aromatic carbocycles. The molecule has 1 aliphatic rings. The number of para-hydroxylation sites is 3. The lowest BCUT2D eigenvalue weighted by atomic mass is 10.1. The minimum Gasteiger partial charge on any atom is -0.495 e. The van der Waals surface area contributed by atoms with E-state index in [-0.39, 0.29) is 10.8 Å². The Kier molecular flexibility index (Phi) is 6.32. The summed E-state index contributed by atoms with van der Waals surface area (Å²) in [6.45, 7) is 4.19. The van der Waals surface area contributed by atoms with Gasteiger partial charge in [-0.2, -0.15) is 0 Å². The van der Waals surface area contributed by atoms with Crippen molar-refractivity contribution in [3.05, 3.63) is 84.1 Å². The maximum atomic E-state index is 13.4. The third-order valence-electron chi connectivity index (χ3n) is 6.57. The Hall–Kier alpha value is -3.98. The summed E-state index contributed by atoms with van der Waals surface area (Å²) in [5.41, 5.74) is 3.29. The number of rotatable bonds is 6. The third kappa shape index (κ3) is 4.49. The molecule has 0 spiro atoms. The van der Waals surface area contributed by atoms with Crippen molar-refractivity contribution in [1.29, 1.82) is 0 Å². The highest BCUT2D eigenvalue weighted by Crippen LogP contribution is 2.29. The van der Waals surface area contributed by atoms with Gasteiger partial charge in [0.1, 0.15) is 5.75 Å². The first-order chi connectivity index (χ1) is 17.4. The molecule has 1 saturated heterocycles. The maximum Gasteiger partial charge on any atom is 0.261 e. The van der Waals surface area contributed by atoms with E-state index in [0.717, 1.165) is 22.4 Å². The first-order valence-electron chi connectivity index (χ1n) is 11.7. The van der Waals surface area contributed by atoms with Gasteiger partial charge in [-0.3, -0.25) is 9.52 Å². The lowest BCUT2D eigenvalue weighted by Gasteiger charge is -2.36. The van der Waals surface area contributed by atoms with E-state index in [1.54, 1.807) is 36.4 Å². The van der Waals surface area contributed by atoms with Gasteiger partial charge >= 0.3 is 0 Å². The fourth-order valence-corrected chi connectivity index (χ4v) is 5.68. The number of hydrogen-bond acceptors (Lipinski definition) is 5. The molecule has 1 fully saturated rings. The average molecular weight is 505 g/mol. The molecule has 0 bridgehead atoms. The van der Waals surface area contributed by atoms with E-state index < -0.39 is 10.0 Å². The highest BCUT2D eigenvalue weighted by molar-refractivity contribution is 7.92. The molecule has 4 aromatic rings. The van der Waals surface area contributed by atoms with E-state index in [1.165, 1.54) is 12.1 Å². The summed E-state index contributed by atoms with van der Waals surface area (Å²) in [5, 5.41) is 0.905. The van der Waals surface area contributed by atoms with Gasteiger partial charge in [-0.05, 0) is 48.9 Å². The van der Waals surface area contributed by atoms with Gasteiger partial charge in [0, 0.05) is 43.3 Å². The monoisotopic (exact) mass is 504 g/mol. The molecule has 0 aliphatic carbocycles. The normalized spacial score (nSPS) is 14.2. The van der Waals surface area contributed by atoms with Gasteiger partial charge in [0.25, 0.3) is 15.9 Å². The van der Waals surface area contributed by atoms with Crippen LogP contribution < -0.4 is 14.4 Å². The summed E-state index contributed by atoms with van der Waals surface area (Å²) in [6, 6.07) is 19.8. The number of piperazine rings is 1. The predicted octanol–water partition coefficient (Wildman–Crippen LogP) is 4.25. The smallest absolute Gasteiger partial charge is 0.261 e. The van der Waals surface area contributed by atoms with Crippen LogP contribution in [0.2, 0.25) is 0 Å². The Bertz CT molecular complexity index is 1520. The van der Waals surface area contributed by atoms with Crippen molar-refractivity contribution in [2.45, 2.75) is 11.8 Å². The highest BCUT2D eigenvalue weighted by atomic mass is 32.2. The molecule has 186 valence electrons. The second-order valence-electron chi connectivity index (χ2n) is 8.78. The fourth-order valence-electron chi connectivity index (χ4n) is 4.58. The van der Waals surface area contributed by atoms with Crippen molar-refractivity contribution in [3.63, 3.8) is 0 Å². The molecule has 0 unspecified atom stereocenters. The number of carbonyl (C=O) groups excluding carboxylic acids is 1. The number of aromatic nitrogens is 1. The Morgan fingerprint density at radius 2 is 1.75 bits per heavy atom. The molecule has 0 atom stereocenters. The molecule has 5 rings (SSSR count). The molecule has 0 radical (unpaired) electrons. The highest BCUT2D eigenvalue weighted by Gasteiger charge is 2.26. The third-order valence-corrected chi connectivity index (χ3v) is 7.94.